The van der Waals surface area contributed by atoms with Gasteiger partial charge in [0.05, 0.1) is 19.3 Å². The van der Waals surface area contributed by atoms with Gasteiger partial charge >= 0.3 is 5.97 Å². The number of carboxylic acids is 1. The van der Waals surface area contributed by atoms with Gasteiger partial charge in [0.25, 0.3) is 0 Å². The van der Waals surface area contributed by atoms with Crippen LogP contribution in [0.25, 0.3) is 0 Å². The van der Waals surface area contributed by atoms with Crippen molar-refractivity contribution in [2.75, 3.05) is 13.7 Å². The van der Waals surface area contributed by atoms with Gasteiger partial charge in [-0.25, -0.2) is 4.79 Å². The molecule has 1 aromatic rings. The number of phenols is 1. The molecule has 0 unspecified atom stereocenters. The van der Waals surface area contributed by atoms with Gasteiger partial charge in [-0.3, -0.25) is 0 Å². The SMILES string of the molecule is CCOc1cc(C(=O)O)cc(OC)c1O. The first-order valence-electron chi connectivity index (χ1n) is 4.37. The summed E-state index contributed by atoms with van der Waals surface area (Å²) in [6.45, 7) is 2.07. The average molecular weight is 212 g/mol. The third-order valence-electron chi connectivity index (χ3n) is 1.81. The van der Waals surface area contributed by atoms with Gasteiger partial charge in [0.15, 0.2) is 11.5 Å². The fourth-order valence-corrected chi connectivity index (χ4v) is 1.13. The zero-order valence-electron chi connectivity index (χ0n) is 8.48. The molecule has 0 saturated carbocycles. The molecular weight excluding hydrogens is 200 g/mol. The summed E-state index contributed by atoms with van der Waals surface area (Å²) in [5.74, 6) is -1.11. The number of phenolic OH excluding ortho intramolecular Hbond substituents is 1. The van der Waals surface area contributed by atoms with E-state index in [1.807, 2.05) is 0 Å². The molecule has 0 amide bonds. The molecule has 1 rings (SSSR count). The Balaban J connectivity index is 3.25. The molecule has 0 heterocycles. The van der Waals surface area contributed by atoms with Crippen molar-refractivity contribution in [1.29, 1.82) is 0 Å². The molecule has 2 N–H and O–H groups in total. The molecule has 1 aromatic carbocycles. The van der Waals surface area contributed by atoms with Gasteiger partial charge in [-0.2, -0.15) is 0 Å². The van der Waals surface area contributed by atoms with Gasteiger partial charge in [0.1, 0.15) is 0 Å². The van der Waals surface area contributed by atoms with Crippen LogP contribution in [0.1, 0.15) is 17.3 Å². The number of carbonyl (C=O) groups is 1. The van der Waals surface area contributed by atoms with Crippen molar-refractivity contribution in [3.8, 4) is 17.2 Å². The summed E-state index contributed by atoms with van der Waals surface area (Å²) in [6, 6.07) is 2.49. The van der Waals surface area contributed by atoms with Crippen molar-refractivity contribution in [2.45, 2.75) is 6.92 Å². The highest BCUT2D eigenvalue weighted by atomic mass is 16.5. The van der Waals surface area contributed by atoms with Gasteiger partial charge in [0, 0.05) is 0 Å². The number of carboxylic acid groups (broad SMARTS) is 1. The fourth-order valence-electron chi connectivity index (χ4n) is 1.13. The summed E-state index contributed by atoms with van der Waals surface area (Å²) < 4.78 is 9.91. The van der Waals surface area contributed by atoms with Crippen LogP contribution in [0.4, 0.5) is 0 Å². The molecule has 0 fully saturated rings. The molecule has 0 atom stereocenters. The van der Waals surface area contributed by atoms with Gasteiger partial charge in [0.2, 0.25) is 5.75 Å². The number of methoxy groups -OCH3 is 1. The molecule has 0 saturated heterocycles. The van der Waals surface area contributed by atoms with E-state index in [4.69, 9.17) is 14.6 Å². The van der Waals surface area contributed by atoms with Crippen LogP contribution >= 0.6 is 0 Å². The molecule has 0 bridgehead atoms. The Bertz CT molecular complexity index is 372. The molecule has 15 heavy (non-hydrogen) atoms. The Kier molecular flexibility index (Phi) is 3.38. The largest absolute Gasteiger partial charge is 0.502 e. The average Bonchev–Trinajstić information content (AvgIpc) is 2.21. The second kappa shape index (κ2) is 4.54. The first-order valence-corrected chi connectivity index (χ1v) is 4.37. The fraction of sp³-hybridized carbons (Fsp3) is 0.300. The first kappa shape index (κ1) is 11.2. The molecule has 82 valence electrons. The van der Waals surface area contributed by atoms with Crippen molar-refractivity contribution >= 4 is 5.97 Å². The van der Waals surface area contributed by atoms with Crippen LogP contribution in [-0.4, -0.2) is 29.9 Å². The second-order valence-corrected chi connectivity index (χ2v) is 2.76. The molecule has 0 aromatic heterocycles. The number of rotatable bonds is 4. The molecule has 0 aliphatic carbocycles. The summed E-state index contributed by atoms with van der Waals surface area (Å²) in [6.07, 6.45) is 0. The number of hydrogen-bond donors (Lipinski definition) is 2. The molecule has 5 heteroatoms. The topological polar surface area (TPSA) is 76.0 Å². The van der Waals surface area contributed by atoms with E-state index in [0.717, 1.165) is 0 Å². The van der Waals surface area contributed by atoms with E-state index < -0.39 is 5.97 Å². The van der Waals surface area contributed by atoms with E-state index in [9.17, 15) is 9.90 Å². The Labute approximate surface area is 86.9 Å². The van der Waals surface area contributed by atoms with E-state index in [1.165, 1.54) is 19.2 Å². The lowest BCUT2D eigenvalue weighted by Crippen LogP contribution is -2.00. The summed E-state index contributed by atoms with van der Waals surface area (Å²) in [4.78, 5) is 10.7. The maximum atomic E-state index is 10.7. The van der Waals surface area contributed by atoms with Crippen LogP contribution in [0.3, 0.4) is 0 Å². The van der Waals surface area contributed by atoms with Gasteiger partial charge in [-0.15, -0.1) is 0 Å². The normalized spacial score (nSPS) is 9.73. The number of hydrogen-bond acceptors (Lipinski definition) is 4. The van der Waals surface area contributed by atoms with E-state index in [1.54, 1.807) is 6.92 Å². The van der Waals surface area contributed by atoms with Crippen LogP contribution in [0.2, 0.25) is 0 Å². The highest BCUT2D eigenvalue weighted by molar-refractivity contribution is 5.89. The van der Waals surface area contributed by atoms with Gasteiger partial charge in [-0.05, 0) is 19.1 Å². The zero-order chi connectivity index (χ0) is 11.4. The Morgan fingerprint density at radius 3 is 2.47 bits per heavy atom. The number of aromatic hydroxyl groups is 1. The van der Waals surface area contributed by atoms with Gasteiger partial charge in [-0.1, -0.05) is 0 Å². The van der Waals surface area contributed by atoms with Crippen molar-refractivity contribution in [1.82, 2.24) is 0 Å². The van der Waals surface area contributed by atoms with Crippen LogP contribution in [-0.2, 0) is 0 Å². The number of benzene rings is 1. The second-order valence-electron chi connectivity index (χ2n) is 2.76. The summed E-state index contributed by atoms with van der Waals surface area (Å²) >= 11 is 0. The van der Waals surface area contributed by atoms with E-state index in [0.29, 0.717) is 6.61 Å². The van der Waals surface area contributed by atoms with Crippen LogP contribution in [0.15, 0.2) is 12.1 Å². The third kappa shape index (κ3) is 2.31. The standard InChI is InChI=1S/C10H12O5/c1-3-15-8-5-6(10(12)13)4-7(14-2)9(8)11/h4-5,11H,3H2,1-2H3,(H,12,13). The molecule has 0 aliphatic rings. The molecule has 0 spiro atoms. The minimum atomic E-state index is -1.10. The molecular formula is C10H12O5. The van der Waals surface area contributed by atoms with Crippen LogP contribution < -0.4 is 9.47 Å². The van der Waals surface area contributed by atoms with E-state index in [2.05, 4.69) is 0 Å². The summed E-state index contributed by atoms with van der Waals surface area (Å²) in [5, 5.41) is 18.4. The summed E-state index contributed by atoms with van der Waals surface area (Å²) in [7, 11) is 1.34. The molecule has 0 radical (unpaired) electrons. The van der Waals surface area contributed by atoms with E-state index in [-0.39, 0.29) is 22.8 Å². The molecule has 0 aliphatic heterocycles. The van der Waals surface area contributed by atoms with Gasteiger partial charge < -0.3 is 19.7 Å². The Hall–Kier alpha value is -1.91. The predicted molar refractivity (Wildman–Crippen MR) is 52.8 cm³/mol. The smallest absolute Gasteiger partial charge is 0.335 e. The number of ether oxygens (including phenoxy) is 2. The maximum absolute atomic E-state index is 10.7. The monoisotopic (exact) mass is 212 g/mol. The quantitative estimate of drug-likeness (QED) is 0.790. The highest BCUT2D eigenvalue weighted by Crippen LogP contribution is 2.37. The summed E-state index contributed by atoms with van der Waals surface area (Å²) in [5.41, 5.74) is 0.00750. The lowest BCUT2D eigenvalue weighted by atomic mass is 10.2. The lowest BCUT2D eigenvalue weighted by Gasteiger charge is -2.10. The van der Waals surface area contributed by atoms with Crippen LogP contribution in [0.5, 0.6) is 17.2 Å². The Morgan fingerprint density at radius 1 is 1.40 bits per heavy atom. The van der Waals surface area contributed by atoms with E-state index >= 15 is 0 Å². The first-order chi connectivity index (χ1) is 7.10. The Morgan fingerprint density at radius 2 is 2.00 bits per heavy atom. The van der Waals surface area contributed by atoms with Crippen molar-refractivity contribution < 1.29 is 24.5 Å². The molecule has 5 nitrogen and oxygen atoms in total. The predicted octanol–water partition coefficient (Wildman–Crippen LogP) is 1.50. The third-order valence-corrected chi connectivity index (χ3v) is 1.81. The number of aromatic carboxylic acids is 1. The van der Waals surface area contributed by atoms with Crippen molar-refractivity contribution in [3.05, 3.63) is 17.7 Å². The minimum absolute atomic E-state index is 0.00750. The van der Waals surface area contributed by atoms with Crippen LogP contribution in [0, 0.1) is 0 Å². The lowest BCUT2D eigenvalue weighted by molar-refractivity contribution is 0.0696. The van der Waals surface area contributed by atoms with Crippen molar-refractivity contribution in [3.63, 3.8) is 0 Å². The minimum Gasteiger partial charge on any atom is -0.502 e. The van der Waals surface area contributed by atoms with Crippen molar-refractivity contribution in [2.24, 2.45) is 0 Å². The highest BCUT2D eigenvalue weighted by Gasteiger charge is 2.14. The zero-order valence-corrected chi connectivity index (χ0v) is 8.48. The maximum Gasteiger partial charge on any atom is 0.335 e.